The number of para-hydroxylation sites is 2. The van der Waals surface area contributed by atoms with Crippen LogP contribution < -0.4 is 0 Å². The van der Waals surface area contributed by atoms with Crippen molar-refractivity contribution in [2.24, 2.45) is 5.92 Å². The van der Waals surface area contributed by atoms with E-state index in [1.165, 1.54) is 0 Å². The van der Waals surface area contributed by atoms with Gasteiger partial charge in [-0.2, -0.15) is 0 Å². The third-order valence-corrected chi connectivity index (χ3v) is 3.52. The number of benzene rings is 1. The number of aliphatic hydroxyl groups is 2. The summed E-state index contributed by atoms with van der Waals surface area (Å²) in [6, 6.07) is 7.94. The summed E-state index contributed by atoms with van der Waals surface area (Å²) in [6.07, 6.45) is -1.12. The molecular formula is C15H22N2O2. The molecule has 0 amide bonds. The van der Waals surface area contributed by atoms with Crippen molar-refractivity contribution in [3.8, 4) is 0 Å². The Hall–Kier alpha value is -1.39. The van der Waals surface area contributed by atoms with Gasteiger partial charge in [0.25, 0.3) is 0 Å². The fraction of sp³-hybridized carbons (Fsp3) is 0.533. The Morgan fingerprint density at radius 2 is 1.89 bits per heavy atom. The molecule has 0 aliphatic carbocycles. The predicted octanol–water partition coefficient (Wildman–Crippen LogP) is 1.98. The van der Waals surface area contributed by atoms with Gasteiger partial charge < -0.3 is 14.8 Å². The fourth-order valence-electron chi connectivity index (χ4n) is 2.39. The molecule has 4 heteroatoms. The standard InChI is InChI=1S/C15H22N2O2/c1-4-17-12-8-6-5-7-11(12)16-14(17)9-13(18)15(19)10(2)3/h5-8,10,13,15,18-19H,4,9H2,1-3H3. The summed E-state index contributed by atoms with van der Waals surface area (Å²) in [5.74, 6) is 0.866. The van der Waals surface area contributed by atoms with E-state index in [2.05, 4.69) is 16.5 Å². The van der Waals surface area contributed by atoms with E-state index in [0.717, 1.165) is 23.4 Å². The molecule has 0 fully saturated rings. The van der Waals surface area contributed by atoms with Crippen molar-refractivity contribution in [3.05, 3.63) is 30.1 Å². The van der Waals surface area contributed by atoms with Gasteiger partial charge in [0.15, 0.2) is 0 Å². The molecule has 1 aromatic heterocycles. The van der Waals surface area contributed by atoms with E-state index in [-0.39, 0.29) is 5.92 Å². The topological polar surface area (TPSA) is 58.3 Å². The highest BCUT2D eigenvalue weighted by Crippen LogP contribution is 2.18. The number of hydrogen-bond acceptors (Lipinski definition) is 3. The first-order valence-electron chi connectivity index (χ1n) is 6.84. The Morgan fingerprint density at radius 1 is 1.21 bits per heavy atom. The Morgan fingerprint density at radius 3 is 2.53 bits per heavy atom. The first kappa shape index (κ1) is 14.0. The van der Waals surface area contributed by atoms with Crippen molar-refractivity contribution in [1.29, 1.82) is 0 Å². The van der Waals surface area contributed by atoms with Crippen LogP contribution in [0.15, 0.2) is 24.3 Å². The van der Waals surface area contributed by atoms with Crippen LogP contribution in [0.5, 0.6) is 0 Å². The van der Waals surface area contributed by atoms with E-state index in [1.807, 2.05) is 38.1 Å². The molecule has 2 atom stereocenters. The molecule has 1 aromatic carbocycles. The molecule has 1 heterocycles. The molecule has 0 bridgehead atoms. The van der Waals surface area contributed by atoms with Crippen molar-refractivity contribution in [2.75, 3.05) is 0 Å². The minimum atomic E-state index is -0.776. The van der Waals surface area contributed by atoms with Gasteiger partial charge in [-0.1, -0.05) is 26.0 Å². The minimum absolute atomic E-state index is 0.0365. The molecular weight excluding hydrogens is 240 g/mol. The summed E-state index contributed by atoms with van der Waals surface area (Å²) in [4.78, 5) is 4.56. The van der Waals surface area contributed by atoms with Crippen molar-refractivity contribution >= 4 is 11.0 Å². The van der Waals surface area contributed by atoms with Gasteiger partial charge in [-0.05, 0) is 25.0 Å². The quantitative estimate of drug-likeness (QED) is 0.866. The highest BCUT2D eigenvalue weighted by atomic mass is 16.3. The Bertz CT molecular complexity index is 548. The fourth-order valence-corrected chi connectivity index (χ4v) is 2.39. The predicted molar refractivity (Wildman–Crippen MR) is 76.0 cm³/mol. The number of nitrogens with zero attached hydrogens (tertiary/aromatic N) is 2. The smallest absolute Gasteiger partial charge is 0.112 e. The summed E-state index contributed by atoms with van der Waals surface area (Å²) in [7, 11) is 0. The lowest BCUT2D eigenvalue weighted by molar-refractivity contribution is -0.00859. The molecule has 2 aromatic rings. The van der Waals surface area contributed by atoms with Gasteiger partial charge in [-0.15, -0.1) is 0 Å². The van der Waals surface area contributed by atoms with Crippen LogP contribution in [0.2, 0.25) is 0 Å². The van der Waals surface area contributed by atoms with Gasteiger partial charge in [0.1, 0.15) is 5.82 Å². The zero-order valence-corrected chi connectivity index (χ0v) is 11.7. The van der Waals surface area contributed by atoms with Crippen molar-refractivity contribution in [1.82, 2.24) is 9.55 Å². The molecule has 2 rings (SSSR count). The maximum Gasteiger partial charge on any atom is 0.112 e. The molecule has 0 aliphatic heterocycles. The summed E-state index contributed by atoms with van der Waals surface area (Å²) in [5, 5.41) is 20.0. The second-order valence-electron chi connectivity index (χ2n) is 5.27. The number of imidazole rings is 1. The van der Waals surface area contributed by atoms with Crippen LogP contribution in [0.3, 0.4) is 0 Å². The largest absolute Gasteiger partial charge is 0.390 e. The number of hydrogen-bond donors (Lipinski definition) is 2. The lowest BCUT2D eigenvalue weighted by atomic mass is 9.99. The van der Waals surface area contributed by atoms with Crippen molar-refractivity contribution in [3.63, 3.8) is 0 Å². The summed E-state index contributed by atoms with van der Waals surface area (Å²) in [6.45, 7) is 6.66. The van der Waals surface area contributed by atoms with Crippen LogP contribution in [-0.4, -0.2) is 32.0 Å². The third kappa shape index (κ3) is 2.80. The van der Waals surface area contributed by atoms with Gasteiger partial charge in [0, 0.05) is 13.0 Å². The normalized spacial score (nSPS) is 15.1. The molecule has 104 valence electrons. The van der Waals surface area contributed by atoms with Crippen LogP contribution in [0.1, 0.15) is 26.6 Å². The number of aromatic nitrogens is 2. The lowest BCUT2D eigenvalue weighted by Gasteiger charge is -2.21. The van der Waals surface area contributed by atoms with Crippen LogP contribution in [0.25, 0.3) is 11.0 Å². The molecule has 0 radical (unpaired) electrons. The van der Waals surface area contributed by atoms with Gasteiger partial charge in [0.05, 0.1) is 23.2 Å². The number of aryl methyl sites for hydroxylation is 1. The Labute approximate surface area is 113 Å². The van der Waals surface area contributed by atoms with Crippen LogP contribution >= 0.6 is 0 Å². The average Bonchev–Trinajstić information content (AvgIpc) is 2.74. The molecule has 0 aliphatic rings. The zero-order chi connectivity index (χ0) is 14.0. The van der Waals surface area contributed by atoms with Crippen LogP contribution in [-0.2, 0) is 13.0 Å². The van der Waals surface area contributed by atoms with E-state index in [9.17, 15) is 10.2 Å². The van der Waals surface area contributed by atoms with Gasteiger partial charge in [0.2, 0.25) is 0 Å². The minimum Gasteiger partial charge on any atom is -0.390 e. The molecule has 0 spiro atoms. The second kappa shape index (κ2) is 5.72. The monoisotopic (exact) mass is 262 g/mol. The first-order chi connectivity index (χ1) is 9.04. The van der Waals surface area contributed by atoms with E-state index in [4.69, 9.17) is 0 Å². The number of rotatable bonds is 5. The zero-order valence-electron chi connectivity index (χ0n) is 11.7. The summed E-state index contributed by atoms with van der Waals surface area (Å²) in [5.41, 5.74) is 2.01. The van der Waals surface area contributed by atoms with Gasteiger partial charge in [-0.3, -0.25) is 0 Å². The lowest BCUT2D eigenvalue weighted by Crippen LogP contribution is -2.33. The molecule has 0 saturated heterocycles. The van der Waals surface area contributed by atoms with Gasteiger partial charge in [-0.25, -0.2) is 4.98 Å². The van der Waals surface area contributed by atoms with Crippen LogP contribution in [0, 0.1) is 5.92 Å². The van der Waals surface area contributed by atoms with E-state index in [0.29, 0.717) is 6.42 Å². The maximum atomic E-state index is 10.1. The first-order valence-corrected chi connectivity index (χ1v) is 6.84. The van der Waals surface area contributed by atoms with E-state index in [1.54, 1.807) is 0 Å². The maximum absolute atomic E-state index is 10.1. The third-order valence-electron chi connectivity index (χ3n) is 3.52. The average molecular weight is 262 g/mol. The second-order valence-corrected chi connectivity index (χ2v) is 5.27. The highest BCUT2D eigenvalue weighted by Gasteiger charge is 2.22. The van der Waals surface area contributed by atoms with Gasteiger partial charge >= 0.3 is 0 Å². The molecule has 2 N–H and O–H groups in total. The van der Waals surface area contributed by atoms with Crippen LogP contribution in [0.4, 0.5) is 0 Å². The number of fused-ring (bicyclic) bond motifs is 1. The van der Waals surface area contributed by atoms with Crippen molar-refractivity contribution < 1.29 is 10.2 Å². The Kier molecular flexibility index (Phi) is 4.22. The molecule has 19 heavy (non-hydrogen) atoms. The van der Waals surface area contributed by atoms with E-state index >= 15 is 0 Å². The Balaban J connectivity index is 2.30. The molecule has 2 unspecified atom stereocenters. The number of aliphatic hydroxyl groups excluding tert-OH is 2. The molecule has 0 saturated carbocycles. The highest BCUT2D eigenvalue weighted by molar-refractivity contribution is 5.75. The summed E-state index contributed by atoms with van der Waals surface area (Å²) >= 11 is 0. The molecule has 4 nitrogen and oxygen atoms in total. The SMILES string of the molecule is CCn1c(CC(O)C(O)C(C)C)nc2ccccc21. The van der Waals surface area contributed by atoms with E-state index < -0.39 is 12.2 Å². The summed E-state index contributed by atoms with van der Waals surface area (Å²) < 4.78 is 2.09. The van der Waals surface area contributed by atoms with Crippen molar-refractivity contribution in [2.45, 2.75) is 45.9 Å².